The lowest BCUT2D eigenvalue weighted by molar-refractivity contribution is -0.385. The number of benzene rings is 1. The molecule has 0 saturated carbocycles. The van der Waals surface area contributed by atoms with Crippen molar-refractivity contribution in [2.45, 2.75) is 20.0 Å². The fourth-order valence-electron chi connectivity index (χ4n) is 1.46. The minimum atomic E-state index is -1.32. The molecule has 0 spiro atoms. The molecule has 7 heteroatoms. The number of carboxylic acids is 1. The van der Waals surface area contributed by atoms with E-state index in [0.717, 1.165) is 0 Å². The maximum atomic E-state index is 10.8. The normalized spacial score (nSPS) is 10.5. The number of nitro benzene ring substituents is 1. The third kappa shape index (κ3) is 4.55. The predicted octanol–water partition coefficient (Wildman–Crippen LogP) is 2.13. The zero-order valence-corrected chi connectivity index (χ0v) is 10.8. The molecule has 0 unspecified atom stereocenters. The van der Waals surface area contributed by atoms with Gasteiger partial charge in [0.1, 0.15) is 5.56 Å². The first-order valence-electron chi connectivity index (χ1n) is 5.79. The molecule has 0 amide bonds. The maximum Gasteiger partial charge on any atom is 0.342 e. The van der Waals surface area contributed by atoms with Crippen molar-refractivity contribution in [3.63, 3.8) is 0 Å². The van der Waals surface area contributed by atoms with Crippen LogP contribution in [0.25, 0.3) is 0 Å². The van der Waals surface area contributed by atoms with Crippen LogP contribution in [-0.4, -0.2) is 35.3 Å². The quantitative estimate of drug-likeness (QED) is 0.446. The van der Waals surface area contributed by atoms with Gasteiger partial charge in [0.2, 0.25) is 0 Å². The molecule has 0 aliphatic carbocycles. The van der Waals surface area contributed by atoms with E-state index in [1.807, 2.05) is 13.8 Å². The summed E-state index contributed by atoms with van der Waals surface area (Å²) < 4.78 is 5.31. The zero-order chi connectivity index (χ0) is 14.4. The second kappa shape index (κ2) is 6.69. The Morgan fingerprint density at radius 2 is 2.21 bits per heavy atom. The molecular weight excluding hydrogens is 252 g/mol. The van der Waals surface area contributed by atoms with Crippen molar-refractivity contribution in [1.82, 2.24) is 0 Å². The Balaban J connectivity index is 2.73. The summed E-state index contributed by atoms with van der Waals surface area (Å²) in [5.41, 5.74) is -0.264. The fraction of sp³-hybridized carbons (Fsp3) is 0.417. The Morgan fingerprint density at radius 1 is 1.53 bits per heavy atom. The minimum Gasteiger partial charge on any atom is -0.477 e. The number of carbonyl (C=O) groups is 1. The average Bonchev–Trinajstić information content (AvgIpc) is 2.33. The number of anilines is 1. The van der Waals surface area contributed by atoms with Crippen LogP contribution in [0.5, 0.6) is 0 Å². The molecular formula is C12H16N2O5. The number of aromatic carboxylic acids is 1. The van der Waals surface area contributed by atoms with Crippen molar-refractivity contribution >= 4 is 17.3 Å². The number of hydrogen-bond acceptors (Lipinski definition) is 5. The van der Waals surface area contributed by atoms with E-state index >= 15 is 0 Å². The highest BCUT2D eigenvalue weighted by molar-refractivity contribution is 5.93. The molecule has 0 aliphatic rings. The summed E-state index contributed by atoms with van der Waals surface area (Å²) in [5.74, 6) is -1.32. The Labute approximate surface area is 110 Å². The van der Waals surface area contributed by atoms with Gasteiger partial charge in [0.05, 0.1) is 17.6 Å². The molecule has 0 heterocycles. The number of nitrogens with zero attached hydrogens (tertiary/aromatic N) is 1. The highest BCUT2D eigenvalue weighted by atomic mass is 16.6. The third-order valence-electron chi connectivity index (χ3n) is 2.31. The summed E-state index contributed by atoms with van der Waals surface area (Å²) in [4.78, 5) is 20.9. The molecule has 0 saturated heterocycles. The van der Waals surface area contributed by atoms with Gasteiger partial charge in [0.25, 0.3) is 5.69 Å². The van der Waals surface area contributed by atoms with E-state index < -0.39 is 16.6 Å². The van der Waals surface area contributed by atoms with Crippen LogP contribution in [0.4, 0.5) is 11.4 Å². The monoisotopic (exact) mass is 268 g/mol. The SMILES string of the molecule is CC(C)OCCNc1ccc(C(=O)O)c([N+](=O)[O-])c1. The molecule has 7 nitrogen and oxygen atoms in total. The van der Waals surface area contributed by atoms with Crippen molar-refractivity contribution in [2.75, 3.05) is 18.5 Å². The second-order valence-corrected chi connectivity index (χ2v) is 4.14. The van der Waals surface area contributed by atoms with Crippen LogP contribution < -0.4 is 5.32 Å². The van der Waals surface area contributed by atoms with Gasteiger partial charge in [0, 0.05) is 18.3 Å². The molecule has 0 radical (unpaired) electrons. The van der Waals surface area contributed by atoms with Gasteiger partial charge in [-0.1, -0.05) is 0 Å². The molecule has 2 N–H and O–H groups in total. The minimum absolute atomic E-state index is 0.116. The first kappa shape index (κ1) is 14.9. The summed E-state index contributed by atoms with van der Waals surface area (Å²) in [6, 6.07) is 3.91. The molecule has 0 fully saturated rings. The van der Waals surface area contributed by atoms with Gasteiger partial charge in [-0.3, -0.25) is 10.1 Å². The van der Waals surface area contributed by atoms with Gasteiger partial charge in [-0.05, 0) is 26.0 Å². The smallest absolute Gasteiger partial charge is 0.342 e. The summed E-state index contributed by atoms with van der Waals surface area (Å²) >= 11 is 0. The van der Waals surface area contributed by atoms with Crippen molar-refractivity contribution in [3.05, 3.63) is 33.9 Å². The molecule has 104 valence electrons. The molecule has 0 aromatic heterocycles. The molecule has 1 aromatic carbocycles. The summed E-state index contributed by atoms with van der Waals surface area (Å²) in [7, 11) is 0. The van der Waals surface area contributed by atoms with Crippen LogP contribution in [0.2, 0.25) is 0 Å². The first-order chi connectivity index (χ1) is 8.91. The standard InChI is InChI=1S/C12H16N2O5/c1-8(2)19-6-5-13-9-3-4-10(12(15)16)11(7-9)14(17)18/h3-4,7-8,13H,5-6H2,1-2H3,(H,15,16). The molecule has 1 aromatic rings. The van der Waals surface area contributed by atoms with Crippen LogP contribution in [0.15, 0.2) is 18.2 Å². The maximum absolute atomic E-state index is 10.8. The van der Waals surface area contributed by atoms with E-state index in [1.165, 1.54) is 18.2 Å². The topological polar surface area (TPSA) is 102 Å². The van der Waals surface area contributed by atoms with Crippen molar-refractivity contribution in [1.29, 1.82) is 0 Å². The summed E-state index contributed by atoms with van der Waals surface area (Å²) in [5, 5.41) is 22.6. The third-order valence-corrected chi connectivity index (χ3v) is 2.31. The van der Waals surface area contributed by atoms with Crippen molar-refractivity contribution in [3.8, 4) is 0 Å². The van der Waals surface area contributed by atoms with Crippen LogP contribution in [-0.2, 0) is 4.74 Å². The number of nitrogens with one attached hydrogen (secondary N) is 1. The predicted molar refractivity (Wildman–Crippen MR) is 69.6 cm³/mol. The largest absolute Gasteiger partial charge is 0.477 e. The van der Waals surface area contributed by atoms with Crippen LogP contribution in [0.1, 0.15) is 24.2 Å². The lowest BCUT2D eigenvalue weighted by Gasteiger charge is -2.09. The lowest BCUT2D eigenvalue weighted by Crippen LogP contribution is -2.13. The number of carboxylic acid groups (broad SMARTS) is 1. The molecule has 19 heavy (non-hydrogen) atoms. The number of ether oxygens (including phenoxy) is 1. The van der Waals surface area contributed by atoms with E-state index in [2.05, 4.69) is 5.32 Å². The van der Waals surface area contributed by atoms with E-state index in [0.29, 0.717) is 18.8 Å². The fourth-order valence-corrected chi connectivity index (χ4v) is 1.46. The van der Waals surface area contributed by atoms with Crippen molar-refractivity contribution in [2.24, 2.45) is 0 Å². The average molecular weight is 268 g/mol. The number of hydrogen-bond donors (Lipinski definition) is 2. The van der Waals surface area contributed by atoms with Crippen molar-refractivity contribution < 1.29 is 19.6 Å². The second-order valence-electron chi connectivity index (χ2n) is 4.14. The summed E-state index contributed by atoms with van der Waals surface area (Å²) in [6.07, 6.45) is 0.116. The first-order valence-corrected chi connectivity index (χ1v) is 5.79. The Morgan fingerprint density at radius 3 is 2.74 bits per heavy atom. The Bertz CT molecular complexity index is 473. The number of rotatable bonds is 7. The lowest BCUT2D eigenvalue weighted by atomic mass is 10.1. The van der Waals surface area contributed by atoms with Crippen LogP contribution >= 0.6 is 0 Å². The van der Waals surface area contributed by atoms with E-state index in [1.54, 1.807) is 0 Å². The molecule has 0 atom stereocenters. The highest BCUT2D eigenvalue weighted by Crippen LogP contribution is 2.23. The molecule has 1 rings (SSSR count). The van der Waals surface area contributed by atoms with Gasteiger partial charge >= 0.3 is 5.97 Å². The summed E-state index contributed by atoms with van der Waals surface area (Å²) in [6.45, 7) is 4.77. The van der Waals surface area contributed by atoms with Gasteiger partial charge in [-0.25, -0.2) is 4.79 Å². The van der Waals surface area contributed by atoms with Crippen LogP contribution in [0, 0.1) is 10.1 Å². The van der Waals surface area contributed by atoms with Gasteiger partial charge in [0.15, 0.2) is 0 Å². The van der Waals surface area contributed by atoms with E-state index in [9.17, 15) is 14.9 Å². The van der Waals surface area contributed by atoms with Gasteiger partial charge in [-0.2, -0.15) is 0 Å². The molecule has 0 aliphatic heterocycles. The highest BCUT2D eigenvalue weighted by Gasteiger charge is 2.19. The van der Waals surface area contributed by atoms with Crippen LogP contribution in [0.3, 0.4) is 0 Å². The van der Waals surface area contributed by atoms with E-state index in [4.69, 9.17) is 9.84 Å². The zero-order valence-electron chi connectivity index (χ0n) is 10.8. The Hall–Kier alpha value is -2.15. The Kier molecular flexibility index (Phi) is 5.25. The number of nitro groups is 1. The van der Waals surface area contributed by atoms with E-state index in [-0.39, 0.29) is 11.7 Å². The molecule has 0 bridgehead atoms. The van der Waals surface area contributed by atoms with Gasteiger partial charge < -0.3 is 15.2 Å². The van der Waals surface area contributed by atoms with Gasteiger partial charge in [-0.15, -0.1) is 0 Å².